The Morgan fingerprint density at radius 3 is 2.73 bits per heavy atom. The number of nitrogens with one attached hydrogen (secondary N) is 1. The number of aromatic nitrogens is 1. The highest BCUT2D eigenvalue weighted by atomic mass is 79.9. The predicted molar refractivity (Wildman–Crippen MR) is 69.4 cm³/mol. The maximum atomic E-state index is 4.22. The van der Waals surface area contributed by atoms with Crippen molar-refractivity contribution in [1.29, 1.82) is 0 Å². The van der Waals surface area contributed by atoms with Crippen LogP contribution in [0.1, 0.15) is 15.4 Å². The molecule has 0 bridgehead atoms. The summed E-state index contributed by atoms with van der Waals surface area (Å²) in [5, 5.41) is 5.52. The highest BCUT2D eigenvalue weighted by Crippen LogP contribution is 2.22. The lowest BCUT2D eigenvalue weighted by Gasteiger charge is -2.02. The SMILES string of the molecule is Cc1ncsc1CNCc1sccc1Br. The van der Waals surface area contributed by atoms with Crippen molar-refractivity contribution >= 4 is 38.6 Å². The summed E-state index contributed by atoms with van der Waals surface area (Å²) in [6.07, 6.45) is 0. The van der Waals surface area contributed by atoms with Gasteiger partial charge in [-0.05, 0) is 34.3 Å². The molecule has 0 radical (unpaired) electrons. The highest BCUT2D eigenvalue weighted by Gasteiger charge is 2.03. The van der Waals surface area contributed by atoms with Crippen LogP contribution in [-0.4, -0.2) is 4.98 Å². The standard InChI is InChI=1S/C10H11BrN2S2/c1-7-9(15-6-13-7)4-12-5-10-8(11)2-3-14-10/h2-3,6,12H,4-5H2,1H3. The van der Waals surface area contributed by atoms with Gasteiger partial charge in [0, 0.05) is 27.3 Å². The monoisotopic (exact) mass is 302 g/mol. The summed E-state index contributed by atoms with van der Waals surface area (Å²) < 4.78 is 1.20. The summed E-state index contributed by atoms with van der Waals surface area (Å²) in [6.45, 7) is 3.87. The Morgan fingerprint density at radius 1 is 1.33 bits per heavy atom. The predicted octanol–water partition coefficient (Wildman–Crippen LogP) is 3.57. The molecule has 0 amide bonds. The highest BCUT2D eigenvalue weighted by molar-refractivity contribution is 9.10. The van der Waals surface area contributed by atoms with Crippen LogP contribution in [0.5, 0.6) is 0 Å². The lowest BCUT2D eigenvalue weighted by molar-refractivity contribution is 0.703. The van der Waals surface area contributed by atoms with Crippen molar-refractivity contribution in [1.82, 2.24) is 10.3 Å². The van der Waals surface area contributed by atoms with E-state index in [4.69, 9.17) is 0 Å². The van der Waals surface area contributed by atoms with Crippen LogP contribution in [0.2, 0.25) is 0 Å². The molecule has 0 saturated carbocycles. The Balaban J connectivity index is 1.86. The Morgan fingerprint density at radius 2 is 2.13 bits per heavy atom. The van der Waals surface area contributed by atoms with E-state index in [-0.39, 0.29) is 0 Å². The molecule has 0 spiro atoms. The zero-order chi connectivity index (χ0) is 10.7. The first kappa shape index (κ1) is 11.3. The molecule has 0 aliphatic carbocycles. The van der Waals surface area contributed by atoms with Crippen LogP contribution in [-0.2, 0) is 13.1 Å². The fourth-order valence-electron chi connectivity index (χ4n) is 1.24. The van der Waals surface area contributed by atoms with E-state index in [9.17, 15) is 0 Å². The van der Waals surface area contributed by atoms with E-state index in [2.05, 4.69) is 44.6 Å². The molecule has 0 atom stereocenters. The zero-order valence-electron chi connectivity index (χ0n) is 8.29. The van der Waals surface area contributed by atoms with Crippen LogP contribution in [0.25, 0.3) is 0 Å². The Kier molecular flexibility index (Phi) is 3.91. The molecule has 0 fully saturated rings. The van der Waals surface area contributed by atoms with Gasteiger partial charge in [0.25, 0.3) is 0 Å². The first-order valence-corrected chi connectivity index (χ1v) is 7.14. The van der Waals surface area contributed by atoms with Gasteiger partial charge in [0.1, 0.15) is 0 Å². The van der Waals surface area contributed by atoms with Crippen molar-refractivity contribution in [3.63, 3.8) is 0 Å². The largest absolute Gasteiger partial charge is 0.307 e. The van der Waals surface area contributed by atoms with Crippen molar-refractivity contribution < 1.29 is 0 Å². The van der Waals surface area contributed by atoms with E-state index in [0.717, 1.165) is 18.8 Å². The van der Waals surface area contributed by atoms with E-state index in [1.807, 2.05) is 5.51 Å². The maximum Gasteiger partial charge on any atom is 0.0798 e. The first-order chi connectivity index (χ1) is 7.27. The van der Waals surface area contributed by atoms with E-state index < -0.39 is 0 Å². The van der Waals surface area contributed by atoms with Crippen molar-refractivity contribution in [2.45, 2.75) is 20.0 Å². The molecular formula is C10H11BrN2S2. The second-order valence-electron chi connectivity index (χ2n) is 3.16. The quantitative estimate of drug-likeness (QED) is 0.934. The van der Waals surface area contributed by atoms with E-state index in [0.29, 0.717) is 0 Å². The molecule has 1 N–H and O–H groups in total. The van der Waals surface area contributed by atoms with Gasteiger partial charge >= 0.3 is 0 Å². The Hall–Kier alpha value is -0.230. The van der Waals surface area contributed by atoms with E-state index in [1.165, 1.54) is 14.2 Å². The summed E-state index contributed by atoms with van der Waals surface area (Å²) in [5.74, 6) is 0. The molecule has 5 heteroatoms. The van der Waals surface area contributed by atoms with Gasteiger partial charge in [-0.15, -0.1) is 22.7 Å². The van der Waals surface area contributed by atoms with Gasteiger partial charge in [-0.2, -0.15) is 0 Å². The molecule has 0 aromatic carbocycles. The molecule has 2 nitrogen and oxygen atoms in total. The number of hydrogen-bond acceptors (Lipinski definition) is 4. The number of rotatable bonds is 4. The number of hydrogen-bond donors (Lipinski definition) is 1. The van der Waals surface area contributed by atoms with Crippen LogP contribution in [0.3, 0.4) is 0 Å². The van der Waals surface area contributed by atoms with Gasteiger partial charge < -0.3 is 5.32 Å². The smallest absolute Gasteiger partial charge is 0.0798 e. The van der Waals surface area contributed by atoms with Crippen LogP contribution < -0.4 is 5.32 Å². The normalized spacial score (nSPS) is 10.8. The molecule has 0 aliphatic heterocycles. The average Bonchev–Trinajstić information content (AvgIpc) is 2.78. The molecule has 2 heterocycles. The second kappa shape index (κ2) is 5.21. The summed E-state index contributed by atoms with van der Waals surface area (Å²) in [5.41, 5.74) is 3.03. The van der Waals surface area contributed by atoms with Crippen molar-refractivity contribution in [2.24, 2.45) is 0 Å². The fraction of sp³-hybridized carbons (Fsp3) is 0.300. The number of nitrogens with zero attached hydrogens (tertiary/aromatic N) is 1. The number of thiophene rings is 1. The molecular weight excluding hydrogens is 292 g/mol. The first-order valence-electron chi connectivity index (χ1n) is 4.59. The lowest BCUT2D eigenvalue weighted by atomic mass is 10.4. The number of halogens is 1. The van der Waals surface area contributed by atoms with Gasteiger partial charge in [0.05, 0.1) is 11.2 Å². The van der Waals surface area contributed by atoms with Gasteiger partial charge in [-0.3, -0.25) is 0 Å². The third kappa shape index (κ3) is 2.87. The summed E-state index contributed by atoms with van der Waals surface area (Å²) in [4.78, 5) is 6.89. The van der Waals surface area contributed by atoms with Crippen LogP contribution >= 0.6 is 38.6 Å². The molecule has 0 aliphatic rings. The molecule has 2 rings (SSSR count). The summed E-state index contributed by atoms with van der Waals surface area (Å²) in [6, 6.07) is 2.08. The van der Waals surface area contributed by atoms with Crippen LogP contribution in [0, 0.1) is 6.92 Å². The van der Waals surface area contributed by atoms with Gasteiger partial charge in [0.2, 0.25) is 0 Å². The maximum absolute atomic E-state index is 4.22. The Labute approximate surface area is 106 Å². The third-order valence-electron chi connectivity index (χ3n) is 2.11. The number of thiazole rings is 1. The second-order valence-corrected chi connectivity index (χ2v) is 5.95. The van der Waals surface area contributed by atoms with Crippen molar-refractivity contribution in [2.75, 3.05) is 0 Å². The molecule has 0 saturated heterocycles. The lowest BCUT2D eigenvalue weighted by Crippen LogP contribution is -2.11. The van der Waals surface area contributed by atoms with Gasteiger partial charge in [-0.25, -0.2) is 4.98 Å². The van der Waals surface area contributed by atoms with E-state index in [1.54, 1.807) is 22.7 Å². The van der Waals surface area contributed by atoms with Gasteiger partial charge in [-0.1, -0.05) is 0 Å². The third-order valence-corrected chi connectivity index (χ3v) is 4.97. The molecule has 2 aromatic heterocycles. The Bertz CT molecular complexity index is 396. The summed E-state index contributed by atoms with van der Waals surface area (Å²) in [7, 11) is 0. The van der Waals surface area contributed by atoms with E-state index >= 15 is 0 Å². The molecule has 80 valence electrons. The zero-order valence-corrected chi connectivity index (χ0v) is 11.5. The molecule has 0 unspecified atom stereocenters. The molecule has 15 heavy (non-hydrogen) atoms. The average molecular weight is 303 g/mol. The van der Waals surface area contributed by atoms with Crippen molar-refractivity contribution in [3.8, 4) is 0 Å². The van der Waals surface area contributed by atoms with Gasteiger partial charge in [0.15, 0.2) is 0 Å². The minimum Gasteiger partial charge on any atom is -0.307 e. The topological polar surface area (TPSA) is 24.9 Å². The van der Waals surface area contributed by atoms with Crippen molar-refractivity contribution in [3.05, 3.63) is 36.9 Å². The fourth-order valence-corrected chi connectivity index (χ4v) is 3.45. The minimum atomic E-state index is 0.904. The number of aryl methyl sites for hydroxylation is 1. The van der Waals surface area contributed by atoms with Crippen LogP contribution in [0.4, 0.5) is 0 Å². The van der Waals surface area contributed by atoms with Crippen LogP contribution in [0.15, 0.2) is 21.4 Å². The molecule has 2 aromatic rings. The minimum absolute atomic E-state index is 0.904. The summed E-state index contributed by atoms with van der Waals surface area (Å²) >= 11 is 7.00.